The quantitative estimate of drug-likeness (QED) is 0.835. The highest BCUT2D eigenvalue weighted by molar-refractivity contribution is 7.13. The summed E-state index contributed by atoms with van der Waals surface area (Å²) in [5.74, 6) is 0. The van der Waals surface area contributed by atoms with Gasteiger partial charge in [0.05, 0.1) is 5.56 Å². The molecule has 1 aromatic carbocycles. The van der Waals surface area contributed by atoms with Crippen molar-refractivity contribution < 1.29 is 22.7 Å². The molecule has 0 unspecified atom stereocenters. The fraction of sp³-hybridized carbons (Fsp3) is 0.412. The van der Waals surface area contributed by atoms with E-state index in [-0.39, 0.29) is 6.54 Å². The van der Waals surface area contributed by atoms with Crippen molar-refractivity contribution in [2.24, 2.45) is 0 Å². The van der Waals surface area contributed by atoms with Crippen molar-refractivity contribution in [1.29, 1.82) is 0 Å². The van der Waals surface area contributed by atoms with Gasteiger partial charge in [-0.25, -0.2) is 9.78 Å². The first-order valence-corrected chi connectivity index (χ1v) is 8.97. The molecule has 0 radical (unpaired) electrons. The van der Waals surface area contributed by atoms with Crippen molar-refractivity contribution in [3.8, 4) is 0 Å². The Labute approximate surface area is 152 Å². The van der Waals surface area contributed by atoms with Crippen LogP contribution in [0.25, 0.3) is 0 Å². The van der Waals surface area contributed by atoms with Gasteiger partial charge < -0.3 is 10.1 Å². The molecule has 1 fully saturated rings. The van der Waals surface area contributed by atoms with Crippen molar-refractivity contribution in [3.05, 3.63) is 47.0 Å². The fourth-order valence-electron chi connectivity index (χ4n) is 3.03. The number of benzene rings is 1. The lowest BCUT2D eigenvalue weighted by Crippen LogP contribution is -2.45. The number of hydrogen-bond acceptors (Lipinski definition) is 4. The first kappa shape index (κ1) is 18.7. The number of anilines is 1. The molecule has 1 saturated heterocycles. The molecule has 2 amide bonds. The van der Waals surface area contributed by atoms with E-state index >= 15 is 0 Å². The van der Waals surface area contributed by atoms with E-state index in [1.807, 2.05) is 0 Å². The van der Waals surface area contributed by atoms with Gasteiger partial charge in [-0.15, -0.1) is 11.3 Å². The molecule has 0 atom stereocenters. The second-order valence-corrected chi connectivity index (χ2v) is 7.01. The Kier molecular flexibility index (Phi) is 5.47. The van der Waals surface area contributed by atoms with Crippen LogP contribution < -0.4 is 10.6 Å². The Bertz CT molecular complexity index is 744. The number of rotatable bonds is 4. The van der Waals surface area contributed by atoms with E-state index in [4.69, 9.17) is 4.74 Å². The Hall–Kier alpha value is -2.13. The Balaban J connectivity index is 1.77. The highest BCUT2D eigenvalue weighted by atomic mass is 32.1. The third-order valence-corrected chi connectivity index (χ3v) is 5.18. The Morgan fingerprint density at radius 3 is 2.73 bits per heavy atom. The van der Waals surface area contributed by atoms with Crippen LogP contribution in [0.2, 0.25) is 0 Å². The summed E-state index contributed by atoms with van der Waals surface area (Å²) < 4.78 is 44.6. The van der Waals surface area contributed by atoms with Gasteiger partial charge in [-0.1, -0.05) is 18.2 Å². The number of amides is 2. The van der Waals surface area contributed by atoms with Gasteiger partial charge in [-0.05, 0) is 24.5 Å². The zero-order valence-corrected chi connectivity index (χ0v) is 14.6. The highest BCUT2D eigenvalue weighted by Crippen LogP contribution is 2.37. The normalized spacial score (nSPS) is 16.9. The highest BCUT2D eigenvalue weighted by Gasteiger charge is 2.37. The molecule has 3 rings (SSSR count). The van der Waals surface area contributed by atoms with Crippen LogP contribution in [-0.2, 0) is 16.3 Å². The molecule has 1 aliphatic rings. The zero-order chi connectivity index (χ0) is 18.6. The van der Waals surface area contributed by atoms with E-state index in [1.165, 1.54) is 23.5 Å². The molecular formula is C17H18F3N3O2S. The fourth-order valence-corrected chi connectivity index (χ4v) is 3.55. The van der Waals surface area contributed by atoms with Crippen molar-refractivity contribution in [2.45, 2.75) is 24.4 Å². The number of carbonyl (C=O) groups excluding carboxylic acids is 1. The maximum absolute atomic E-state index is 13.1. The maximum atomic E-state index is 13.1. The van der Waals surface area contributed by atoms with E-state index in [0.29, 0.717) is 36.8 Å². The number of alkyl halides is 3. The summed E-state index contributed by atoms with van der Waals surface area (Å²) in [6, 6.07) is 4.88. The third kappa shape index (κ3) is 4.34. The number of thiazole rings is 1. The van der Waals surface area contributed by atoms with Crippen LogP contribution >= 0.6 is 11.3 Å². The van der Waals surface area contributed by atoms with E-state index in [9.17, 15) is 18.0 Å². The van der Waals surface area contributed by atoms with E-state index < -0.39 is 23.2 Å². The van der Waals surface area contributed by atoms with Crippen LogP contribution in [0.4, 0.5) is 23.1 Å². The van der Waals surface area contributed by atoms with Crippen molar-refractivity contribution >= 4 is 22.5 Å². The lowest BCUT2D eigenvalue weighted by atomic mass is 9.73. The molecule has 1 aliphatic heterocycles. The number of ether oxygens (including phenoxy) is 1. The lowest BCUT2D eigenvalue weighted by Gasteiger charge is -2.38. The molecule has 140 valence electrons. The molecule has 0 saturated carbocycles. The molecule has 9 heteroatoms. The molecule has 2 aromatic rings. The standard InChI is InChI=1S/C17H18F3N3O2S/c18-17(19,20)13-3-1-2-12(10-13)16(4-7-25-8-5-16)11-22-14(24)23-15-21-6-9-26-15/h1-3,6,9-10H,4-5,7-8,11H2,(H2,21,22,23,24). The van der Waals surface area contributed by atoms with Crippen LogP contribution in [0.1, 0.15) is 24.0 Å². The van der Waals surface area contributed by atoms with Crippen LogP contribution in [0, 0.1) is 0 Å². The summed E-state index contributed by atoms with van der Waals surface area (Å²) >= 11 is 1.28. The summed E-state index contributed by atoms with van der Waals surface area (Å²) in [6.07, 6.45) is -1.77. The number of aromatic nitrogens is 1. The smallest absolute Gasteiger partial charge is 0.381 e. The van der Waals surface area contributed by atoms with Gasteiger partial charge in [0.1, 0.15) is 0 Å². The largest absolute Gasteiger partial charge is 0.416 e. The van der Waals surface area contributed by atoms with Gasteiger partial charge in [0, 0.05) is 36.8 Å². The second-order valence-electron chi connectivity index (χ2n) is 6.12. The van der Waals surface area contributed by atoms with Gasteiger partial charge in [0.2, 0.25) is 0 Å². The second kappa shape index (κ2) is 7.63. The van der Waals surface area contributed by atoms with Crippen LogP contribution in [0.5, 0.6) is 0 Å². The topological polar surface area (TPSA) is 63.2 Å². The van der Waals surface area contributed by atoms with Crippen molar-refractivity contribution in [2.75, 3.05) is 25.1 Å². The van der Waals surface area contributed by atoms with Crippen molar-refractivity contribution in [1.82, 2.24) is 10.3 Å². The third-order valence-electron chi connectivity index (χ3n) is 4.49. The number of nitrogens with one attached hydrogen (secondary N) is 2. The molecule has 5 nitrogen and oxygen atoms in total. The predicted octanol–water partition coefficient (Wildman–Crippen LogP) is 4.03. The Morgan fingerprint density at radius 2 is 2.08 bits per heavy atom. The SMILES string of the molecule is O=C(NCC1(c2cccc(C(F)(F)F)c2)CCOCC1)Nc1nccs1. The summed E-state index contributed by atoms with van der Waals surface area (Å²) in [5.41, 5.74) is -0.724. The summed E-state index contributed by atoms with van der Waals surface area (Å²) in [7, 11) is 0. The zero-order valence-electron chi connectivity index (χ0n) is 13.8. The Morgan fingerprint density at radius 1 is 1.31 bits per heavy atom. The monoisotopic (exact) mass is 385 g/mol. The van der Waals surface area contributed by atoms with Gasteiger partial charge in [-0.2, -0.15) is 13.2 Å². The first-order chi connectivity index (χ1) is 12.4. The molecule has 0 aliphatic carbocycles. The van der Waals surface area contributed by atoms with Crippen LogP contribution in [-0.4, -0.2) is 30.8 Å². The molecule has 1 aromatic heterocycles. The number of halogens is 3. The molecule has 2 N–H and O–H groups in total. The molecule has 0 bridgehead atoms. The predicted molar refractivity (Wildman–Crippen MR) is 92.3 cm³/mol. The molecule has 0 spiro atoms. The minimum atomic E-state index is -4.40. The number of nitrogens with zero attached hydrogens (tertiary/aromatic N) is 1. The molecule has 26 heavy (non-hydrogen) atoms. The van der Waals surface area contributed by atoms with E-state index in [2.05, 4.69) is 15.6 Å². The minimum absolute atomic E-state index is 0.217. The average Bonchev–Trinajstić information content (AvgIpc) is 3.13. The number of carbonyl (C=O) groups is 1. The summed E-state index contributed by atoms with van der Waals surface area (Å²) in [5, 5.41) is 7.57. The van der Waals surface area contributed by atoms with Gasteiger partial charge in [-0.3, -0.25) is 5.32 Å². The minimum Gasteiger partial charge on any atom is -0.381 e. The first-order valence-electron chi connectivity index (χ1n) is 8.09. The average molecular weight is 385 g/mol. The van der Waals surface area contributed by atoms with Crippen LogP contribution in [0.15, 0.2) is 35.8 Å². The van der Waals surface area contributed by atoms with Crippen molar-refractivity contribution in [3.63, 3.8) is 0 Å². The maximum Gasteiger partial charge on any atom is 0.416 e. The van der Waals surface area contributed by atoms with E-state index in [1.54, 1.807) is 17.6 Å². The number of hydrogen-bond donors (Lipinski definition) is 2. The lowest BCUT2D eigenvalue weighted by molar-refractivity contribution is -0.137. The molecular weight excluding hydrogens is 367 g/mol. The number of urea groups is 1. The summed E-state index contributed by atoms with van der Waals surface area (Å²) in [4.78, 5) is 16.1. The van der Waals surface area contributed by atoms with Gasteiger partial charge >= 0.3 is 12.2 Å². The summed E-state index contributed by atoms with van der Waals surface area (Å²) in [6.45, 7) is 1.09. The van der Waals surface area contributed by atoms with Crippen LogP contribution in [0.3, 0.4) is 0 Å². The molecule has 2 heterocycles. The van der Waals surface area contributed by atoms with Gasteiger partial charge in [0.25, 0.3) is 0 Å². The van der Waals surface area contributed by atoms with E-state index in [0.717, 1.165) is 6.07 Å². The van der Waals surface area contributed by atoms with Gasteiger partial charge in [0.15, 0.2) is 5.13 Å².